The molecule has 2 fully saturated rings. The Kier molecular flexibility index (Phi) is 6.41. The maximum absolute atomic E-state index is 13.8. The molecule has 0 radical (unpaired) electrons. The molecule has 3 aromatic rings. The van der Waals surface area contributed by atoms with E-state index >= 15 is 0 Å². The highest BCUT2D eigenvalue weighted by atomic mass is 32.2. The number of carboxylic acid groups (broad SMARTS) is 1. The van der Waals surface area contributed by atoms with Crippen LogP contribution >= 0.6 is 11.8 Å². The number of β-lactam (4-membered cyclic amide) rings is 1. The van der Waals surface area contributed by atoms with Crippen LogP contribution in [0.4, 0.5) is 8.78 Å². The number of halogens is 2. The maximum Gasteiger partial charge on any atom is 0.327 e. The van der Waals surface area contributed by atoms with Crippen molar-refractivity contribution < 1.29 is 33.1 Å². The molecule has 1 aromatic heterocycles. The number of aromatic nitrogens is 1. The number of amides is 3. The molecule has 2 aliphatic rings. The van der Waals surface area contributed by atoms with Crippen LogP contribution in [0, 0.1) is 11.6 Å². The summed E-state index contributed by atoms with van der Waals surface area (Å²) >= 11 is 1.25. The van der Waals surface area contributed by atoms with E-state index in [1.165, 1.54) is 16.7 Å². The van der Waals surface area contributed by atoms with Gasteiger partial charge in [0.2, 0.25) is 17.2 Å². The lowest BCUT2D eigenvalue weighted by Gasteiger charge is -2.44. The predicted molar refractivity (Wildman–Crippen MR) is 137 cm³/mol. The normalized spacial score (nSPS) is 22.1. The van der Waals surface area contributed by atoms with E-state index in [0.29, 0.717) is 11.6 Å². The van der Waals surface area contributed by atoms with Crippen molar-refractivity contribution in [1.29, 1.82) is 0 Å². The number of benzene rings is 2. The van der Waals surface area contributed by atoms with Crippen LogP contribution in [0.15, 0.2) is 53.5 Å². The molecule has 0 unspecified atom stereocenters. The quantitative estimate of drug-likeness (QED) is 0.339. The molecule has 3 amide bonds. The standard InChI is InChI=1S/C26H22F2N4O6S/c1-26(2)20(25(37)38)32-23(36)18(24(32)39-26)31-22(35)17(11-6-4-3-5-7-11)30-21(34)13-10-29-16-9-15(28)14(27)8-12(16)19(13)33/h3-10,17-18,20,24H,1-2H3,(H,29,33)(H,30,34)(H,31,35)(H,37,38)/t17-,18-,20+,24-/m1/s1. The minimum atomic E-state index is -1.34. The molecule has 5 rings (SSSR count). The van der Waals surface area contributed by atoms with Crippen molar-refractivity contribution in [3.05, 3.63) is 81.6 Å². The summed E-state index contributed by atoms with van der Waals surface area (Å²) in [5, 5.41) is 13.8. The number of nitrogens with one attached hydrogen (secondary N) is 3. The average Bonchev–Trinajstić information content (AvgIpc) is 3.15. The summed E-state index contributed by atoms with van der Waals surface area (Å²) in [6.45, 7) is 3.41. The number of hydrogen-bond donors (Lipinski definition) is 4. The van der Waals surface area contributed by atoms with Crippen LogP contribution in [0.1, 0.15) is 35.8 Å². The molecule has 0 aliphatic carbocycles. The SMILES string of the molecule is CC1(C)S[C@@H]2[C@H](NC(=O)[C@H](NC(=O)c3c[nH]c4cc(F)c(F)cc4c3=O)c3ccccc3)C(=O)N2[C@H]1C(=O)O. The second-order valence-corrected chi connectivity index (χ2v) is 11.5. The van der Waals surface area contributed by atoms with Crippen LogP contribution in [-0.2, 0) is 14.4 Å². The number of H-pyrrole nitrogens is 1. The molecule has 0 bridgehead atoms. The highest BCUT2D eigenvalue weighted by Crippen LogP contribution is 2.50. The Balaban J connectivity index is 1.41. The van der Waals surface area contributed by atoms with Crippen molar-refractivity contribution in [2.75, 3.05) is 0 Å². The Morgan fingerprint density at radius 2 is 1.77 bits per heavy atom. The molecule has 202 valence electrons. The highest BCUT2D eigenvalue weighted by molar-refractivity contribution is 8.01. The summed E-state index contributed by atoms with van der Waals surface area (Å²) in [6.07, 6.45) is 1.04. The van der Waals surface area contributed by atoms with Crippen molar-refractivity contribution in [3.8, 4) is 0 Å². The fourth-order valence-electron chi connectivity index (χ4n) is 4.92. The molecule has 39 heavy (non-hydrogen) atoms. The topological polar surface area (TPSA) is 149 Å². The van der Waals surface area contributed by atoms with Crippen LogP contribution in [0.2, 0.25) is 0 Å². The van der Waals surface area contributed by atoms with Gasteiger partial charge in [0.15, 0.2) is 11.6 Å². The van der Waals surface area contributed by atoms with Crippen molar-refractivity contribution >= 4 is 46.4 Å². The number of carbonyl (C=O) groups is 4. The number of carboxylic acids is 1. The van der Waals surface area contributed by atoms with E-state index in [1.54, 1.807) is 44.2 Å². The fourth-order valence-corrected chi connectivity index (χ4v) is 6.55. The van der Waals surface area contributed by atoms with Gasteiger partial charge in [0.05, 0.1) is 5.52 Å². The van der Waals surface area contributed by atoms with Crippen molar-refractivity contribution in [2.45, 2.75) is 42.1 Å². The van der Waals surface area contributed by atoms with Crippen LogP contribution in [0.5, 0.6) is 0 Å². The summed E-state index contributed by atoms with van der Waals surface area (Å²) in [7, 11) is 0. The van der Waals surface area contributed by atoms with Gasteiger partial charge in [0.1, 0.15) is 29.1 Å². The lowest BCUT2D eigenvalue weighted by molar-refractivity contribution is -0.161. The van der Waals surface area contributed by atoms with Gasteiger partial charge in [-0.3, -0.25) is 19.2 Å². The molecule has 13 heteroatoms. The smallest absolute Gasteiger partial charge is 0.327 e. The second-order valence-electron chi connectivity index (χ2n) is 9.74. The van der Waals surface area contributed by atoms with E-state index in [9.17, 15) is 37.9 Å². The molecule has 2 aliphatic heterocycles. The molecule has 3 heterocycles. The summed E-state index contributed by atoms with van der Waals surface area (Å²) in [5.41, 5.74) is -0.982. The Morgan fingerprint density at radius 1 is 1.10 bits per heavy atom. The summed E-state index contributed by atoms with van der Waals surface area (Å²) in [4.78, 5) is 67.9. The first kappa shape index (κ1) is 26.4. The van der Waals surface area contributed by atoms with Gasteiger partial charge in [-0.2, -0.15) is 0 Å². The Morgan fingerprint density at radius 3 is 2.44 bits per heavy atom. The van der Waals surface area contributed by atoms with Crippen LogP contribution in [0.3, 0.4) is 0 Å². The number of pyridine rings is 1. The zero-order chi connectivity index (χ0) is 28.2. The minimum Gasteiger partial charge on any atom is -0.480 e. The number of fused-ring (bicyclic) bond motifs is 2. The number of rotatable bonds is 6. The minimum absolute atomic E-state index is 0.0162. The summed E-state index contributed by atoms with van der Waals surface area (Å²) < 4.78 is 26.5. The van der Waals surface area contributed by atoms with Gasteiger partial charge in [-0.25, -0.2) is 13.6 Å². The molecule has 0 spiro atoms. The molecule has 4 atom stereocenters. The predicted octanol–water partition coefficient (Wildman–Crippen LogP) is 1.91. The third-order valence-electron chi connectivity index (χ3n) is 6.81. The number of aromatic amines is 1. The van der Waals surface area contributed by atoms with Gasteiger partial charge < -0.3 is 25.6 Å². The van der Waals surface area contributed by atoms with Gasteiger partial charge in [-0.1, -0.05) is 30.3 Å². The number of aliphatic carboxylic acids is 1. The Bertz CT molecular complexity index is 1590. The van der Waals surface area contributed by atoms with Gasteiger partial charge in [0.25, 0.3) is 5.91 Å². The van der Waals surface area contributed by atoms with Crippen LogP contribution < -0.4 is 16.1 Å². The molecule has 4 N–H and O–H groups in total. The van der Waals surface area contributed by atoms with E-state index in [2.05, 4.69) is 15.6 Å². The van der Waals surface area contributed by atoms with Crippen molar-refractivity contribution in [1.82, 2.24) is 20.5 Å². The number of thioether (sulfide) groups is 1. The molecular formula is C26H22F2N4O6S. The Labute approximate surface area is 223 Å². The molecule has 10 nitrogen and oxygen atoms in total. The number of hydrogen-bond acceptors (Lipinski definition) is 6. The highest BCUT2D eigenvalue weighted by Gasteiger charge is 2.64. The lowest BCUT2D eigenvalue weighted by atomic mass is 9.95. The first-order valence-electron chi connectivity index (χ1n) is 11.8. The average molecular weight is 557 g/mol. The van der Waals surface area contributed by atoms with Gasteiger partial charge >= 0.3 is 5.97 Å². The largest absolute Gasteiger partial charge is 0.480 e. The third kappa shape index (κ3) is 4.42. The van der Waals surface area contributed by atoms with Crippen molar-refractivity contribution in [2.24, 2.45) is 0 Å². The lowest BCUT2D eigenvalue weighted by Crippen LogP contribution is -2.71. The van der Waals surface area contributed by atoms with Gasteiger partial charge in [-0.15, -0.1) is 11.8 Å². The van der Waals surface area contributed by atoms with Crippen LogP contribution in [-0.4, -0.2) is 60.9 Å². The van der Waals surface area contributed by atoms with E-state index in [-0.39, 0.29) is 10.9 Å². The maximum atomic E-state index is 13.8. The van der Waals surface area contributed by atoms with Gasteiger partial charge in [0, 0.05) is 22.4 Å². The monoisotopic (exact) mass is 556 g/mol. The zero-order valence-electron chi connectivity index (χ0n) is 20.5. The fraction of sp³-hybridized carbons (Fsp3) is 0.269. The zero-order valence-corrected chi connectivity index (χ0v) is 21.3. The first-order chi connectivity index (χ1) is 18.4. The summed E-state index contributed by atoms with van der Waals surface area (Å²) in [6, 6.07) is 6.15. The molecule has 2 saturated heterocycles. The molecular weight excluding hydrogens is 534 g/mol. The molecule has 2 aromatic carbocycles. The van der Waals surface area contributed by atoms with E-state index in [0.717, 1.165) is 12.3 Å². The second kappa shape index (κ2) is 9.49. The third-order valence-corrected chi connectivity index (χ3v) is 8.38. The number of carbonyl (C=O) groups excluding carboxylic acids is 3. The summed E-state index contributed by atoms with van der Waals surface area (Å²) in [5.74, 6) is -5.85. The Hall–Kier alpha value is -4.26. The van der Waals surface area contributed by atoms with E-state index in [4.69, 9.17) is 0 Å². The molecule has 0 saturated carbocycles. The van der Waals surface area contributed by atoms with E-state index < -0.39 is 74.6 Å². The van der Waals surface area contributed by atoms with Crippen LogP contribution in [0.25, 0.3) is 10.9 Å². The number of nitrogens with zero attached hydrogens (tertiary/aromatic N) is 1. The van der Waals surface area contributed by atoms with E-state index in [1.807, 2.05) is 0 Å². The first-order valence-corrected chi connectivity index (χ1v) is 12.7. The van der Waals surface area contributed by atoms with Gasteiger partial charge in [-0.05, 0) is 25.5 Å². The van der Waals surface area contributed by atoms with Crippen molar-refractivity contribution in [3.63, 3.8) is 0 Å².